The molecule has 3 rings (SSSR count). The van der Waals surface area contributed by atoms with Gasteiger partial charge >= 0.3 is 0 Å². The van der Waals surface area contributed by atoms with E-state index >= 15 is 0 Å². The van der Waals surface area contributed by atoms with Crippen molar-refractivity contribution in [2.24, 2.45) is 0 Å². The van der Waals surface area contributed by atoms with Gasteiger partial charge in [-0.3, -0.25) is 9.88 Å². The maximum atomic E-state index is 5.94. The largest absolute Gasteiger partial charge is 0.491 e. The zero-order chi connectivity index (χ0) is 13.8. The highest BCUT2D eigenvalue weighted by atomic mass is 16.5. The molecule has 0 amide bonds. The molecule has 2 N–H and O–H groups in total. The quantitative estimate of drug-likeness (QED) is 0.869. The fourth-order valence-electron chi connectivity index (χ4n) is 2.73. The highest BCUT2D eigenvalue weighted by Crippen LogP contribution is 2.25. The lowest BCUT2D eigenvalue weighted by molar-refractivity contribution is 0.184. The van der Waals surface area contributed by atoms with Crippen LogP contribution in [0.4, 0.5) is 5.69 Å². The minimum atomic E-state index is 0.726. The van der Waals surface area contributed by atoms with Crippen molar-refractivity contribution < 1.29 is 4.74 Å². The summed E-state index contributed by atoms with van der Waals surface area (Å²) in [4.78, 5) is 6.81. The Morgan fingerprint density at radius 2 is 2.00 bits per heavy atom. The Hall–Kier alpha value is -1.81. The molecular weight excluding hydrogens is 250 g/mol. The number of fused-ring (bicyclic) bond motifs is 1. The van der Waals surface area contributed by atoms with Crippen LogP contribution in [0, 0.1) is 0 Å². The maximum Gasteiger partial charge on any atom is 0.130 e. The van der Waals surface area contributed by atoms with Gasteiger partial charge in [0.05, 0.1) is 5.52 Å². The number of likely N-dealkylation sites (tertiary alicyclic amines) is 1. The van der Waals surface area contributed by atoms with E-state index in [0.717, 1.165) is 35.5 Å². The van der Waals surface area contributed by atoms with Crippen LogP contribution in [0.15, 0.2) is 30.5 Å². The SMILES string of the molecule is Nc1ccc2c(OCCN3CCCCC3)ccnc2c1. The highest BCUT2D eigenvalue weighted by molar-refractivity contribution is 5.87. The van der Waals surface area contributed by atoms with Gasteiger partial charge in [0.2, 0.25) is 0 Å². The molecule has 0 atom stereocenters. The van der Waals surface area contributed by atoms with Crippen molar-refractivity contribution in [3.63, 3.8) is 0 Å². The van der Waals surface area contributed by atoms with Gasteiger partial charge in [-0.25, -0.2) is 0 Å². The topological polar surface area (TPSA) is 51.4 Å². The van der Waals surface area contributed by atoms with Crippen LogP contribution in [0.1, 0.15) is 19.3 Å². The van der Waals surface area contributed by atoms with Crippen LogP contribution < -0.4 is 10.5 Å². The van der Waals surface area contributed by atoms with Crippen molar-refractivity contribution in [3.8, 4) is 5.75 Å². The Morgan fingerprint density at radius 3 is 2.85 bits per heavy atom. The summed E-state index contributed by atoms with van der Waals surface area (Å²) < 4.78 is 5.94. The monoisotopic (exact) mass is 271 g/mol. The highest BCUT2D eigenvalue weighted by Gasteiger charge is 2.10. The molecule has 2 heterocycles. The van der Waals surface area contributed by atoms with Gasteiger partial charge in [-0.2, -0.15) is 0 Å². The number of rotatable bonds is 4. The zero-order valence-electron chi connectivity index (χ0n) is 11.7. The molecule has 1 fully saturated rings. The lowest BCUT2D eigenvalue weighted by Crippen LogP contribution is -2.33. The van der Waals surface area contributed by atoms with Crippen molar-refractivity contribution in [2.45, 2.75) is 19.3 Å². The zero-order valence-corrected chi connectivity index (χ0v) is 11.7. The number of nitrogens with zero attached hydrogens (tertiary/aromatic N) is 2. The summed E-state index contributed by atoms with van der Waals surface area (Å²) in [6.07, 6.45) is 5.78. The maximum absolute atomic E-state index is 5.94. The number of hydrogen-bond donors (Lipinski definition) is 1. The van der Waals surface area contributed by atoms with Crippen molar-refractivity contribution in [3.05, 3.63) is 30.5 Å². The van der Waals surface area contributed by atoms with Gasteiger partial charge in [0.25, 0.3) is 0 Å². The number of piperidine rings is 1. The molecule has 1 saturated heterocycles. The van der Waals surface area contributed by atoms with Crippen LogP contribution in [0.5, 0.6) is 5.75 Å². The third-order valence-electron chi connectivity index (χ3n) is 3.84. The molecule has 1 aromatic heterocycles. The van der Waals surface area contributed by atoms with Gasteiger partial charge in [0.1, 0.15) is 12.4 Å². The number of pyridine rings is 1. The van der Waals surface area contributed by atoms with Crippen molar-refractivity contribution in [1.29, 1.82) is 0 Å². The molecule has 0 aliphatic carbocycles. The molecule has 0 unspecified atom stereocenters. The molecule has 0 bridgehead atoms. The fraction of sp³-hybridized carbons (Fsp3) is 0.438. The van der Waals surface area contributed by atoms with E-state index in [1.54, 1.807) is 6.20 Å². The summed E-state index contributed by atoms with van der Waals surface area (Å²) in [5.41, 5.74) is 7.41. The second-order valence-electron chi connectivity index (χ2n) is 5.34. The third kappa shape index (κ3) is 3.02. The number of nitrogen functional groups attached to an aromatic ring is 1. The van der Waals surface area contributed by atoms with E-state index in [1.165, 1.54) is 32.4 Å². The second-order valence-corrected chi connectivity index (χ2v) is 5.34. The van der Waals surface area contributed by atoms with Gasteiger partial charge in [-0.15, -0.1) is 0 Å². The predicted molar refractivity (Wildman–Crippen MR) is 81.9 cm³/mol. The van der Waals surface area contributed by atoms with Crippen LogP contribution >= 0.6 is 0 Å². The molecule has 4 nitrogen and oxygen atoms in total. The molecule has 106 valence electrons. The Bertz CT molecular complexity index is 579. The van der Waals surface area contributed by atoms with Gasteiger partial charge in [0, 0.05) is 23.8 Å². The van der Waals surface area contributed by atoms with Gasteiger partial charge in [-0.05, 0) is 50.2 Å². The average molecular weight is 271 g/mol. The minimum Gasteiger partial charge on any atom is -0.491 e. The standard InChI is InChI=1S/C16H21N3O/c17-13-4-5-14-15(12-13)18-7-6-16(14)20-11-10-19-8-2-1-3-9-19/h4-7,12H,1-3,8-11,17H2. The van der Waals surface area contributed by atoms with Crippen molar-refractivity contribution in [2.75, 3.05) is 32.0 Å². The Balaban J connectivity index is 1.65. The number of benzene rings is 1. The Labute approximate surface area is 119 Å². The molecule has 1 aromatic carbocycles. The molecule has 4 heteroatoms. The molecule has 1 aliphatic heterocycles. The number of aromatic nitrogens is 1. The van der Waals surface area contributed by atoms with Gasteiger partial charge in [-0.1, -0.05) is 6.42 Å². The Morgan fingerprint density at radius 1 is 1.15 bits per heavy atom. The van der Waals surface area contributed by atoms with Crippen LogP contribution in [-0.2, 0) is 0 Å². The van der Waals surface area contributed by atoms with E-state index in [-0.39, 0.29) is 0 Å². The summed E-state index contributed by atoms with van der Waals surface area (Å²) >= 11 is 0. The fourth-order valence-corrected chi connectivity index (χ4v) is 2.73. The van der Waals surface area contributed by atoms with Crippen LogP contribution in [-0.4, -0.2) is 36.1 Å². The number of hydrogen-bond acceptors (Lipinski definition) is 4. The van der Waals surface area contributed by atoms with E-state index in [9.17, 15) is 0 Å². The third-order valence-corrected chi connectivity index (χ3v) is 3.84. The normalized spacial score (nSPS) is 16.4. The molecule has 2 aromatic rings. The van der Waals surface area contributed by atoms with Crippen molar-refractivity contribution >= 4 is 16.6 Å². The smallest absolute Gasteiger partial charge is 0.130 e. The number of nitrogens with two attached hydrogens (primary N) is 1. The molecule has 0 saturated carbocycles. The molecule has 20 heavy (non-hydrogen) atoms. The molecule has 0 radical (unpaired) electrons. The number of anilines is 1. The lowest BCUT2D eigenvalue weighted by atomic mass is 10.1. The van der Waals surface area contributed by atoms with Gasteiger partial charge in [0.15, 0.2) is 0 Å². The summed E-state index contributed by atoms with van der Waals surface area (Å²) in [6.45, 7) is 4.14. The second kappa shape index (κ2) is 6.09. The average Bonchev–Trinajstić information content (AvgIpc) is 2.48. The van der Waals surface area contributed by atoms with E-state index in [4.69, 9.17) is 10.5 Å². The summed E-state index contributed by atoms with van der Waals surface area (Å²) in [7, 11) is 0. The van der Waals surface area contributed by atoms with E-state index in [2.05, 4.69) is 9.88 Å². The minimum absolute atomic E-state index is 0.726. The Kier molecular flexibility index (Phi) is 4.02. The van der Waals surface area contributed by atoms with Crippen LogP contribution in [0.25, 0.3) is 10.9 Å². The van der Waals surface area contributed by atoms with E-state index in [0.29, 0.717) is 0 Å². The first kappa shape index (κ1) is 13.2. The predicted octanol–water partition coefficient (Wildman–Crippen LogP) is 2.68. The lowest BCUT2D eigenvalue weighted by Gasteiger charge is -2.26. The summed E-state index contributed by atoms with van der Waals surface area (Å²) in [6, 6.07) is 7.68. The molecule has 1 aliphatic rings. The molecular formula is C16H21N3O. The first-order valence-electron chi connectivity index (χ1n) is 7.32. The number of ether oxygens (including phenoxy) is 1. The van der Waals surface area contributed by atoms with Crippen LogP contribution in [0.3, 0.4) is 0 Å². The first-order chi connectivity index (χ1) is 9.83. The summed E-state index contributed by atoms with van der Waals surface area (Å²) in [5, 5.41) is 1.03. The van der Waals surface area contributed by atoms with Gasteiger partial charge < -0.3 is 10.5 Å². The van der Waals surface area contributed by atoms with Crippen LogP contribution in [0.2, 0.25) is 0 Å². The summed E-state index contributed by atoms with van der Waals surface area (Å²) in [5.74, 6) is 0.895. The van der Waals surface area contributed by atoms with Crippen molar-refractivity contribution in [1.82, 2.24) is 9.88 Å². The molecule has 0 spiro atoms. The van der Waals surface area contributed by atoms with E-state index < -0.39 is 0 Å². The first-order valence-corrected chi connectivity index (χ1v) is 7.32. The van der Waals surface area contributed by atoms with E-state index in [1.807, 2.05) is 24.3 Å².